The van der Waals surface area contributed by atoms with E-state index >= 15 is 0 Å². The lowest BCUT2D eigenvalue weighted by molar-refractivity contribution is -0.150. The molecule has 0 saturated carbocycles. The van der Waals surface area contributed by atoms with Crippen molar-refractivity contribution < 1.29 is 23.9 Å². The van der Waals surface area contributed by atoms with Crippen LogP contribution in [0.25, 0.3) is 0 Å². The highest BCUT2D eigenvalue weighted by molar-refractivity contribution is 9.10. The van der Waals surface area contributed by atoms with Gasteiger partial charge in [-0.15, -0.1) is 0 Å². The van der Waals surface area contributed by atoms with E-state index in [-0.39, 0.29) is 34.3 Å². The van der Waals surface area contributed by atoms with Crippen molar-refractivity contribution in [2.45, 2.75) is 51.1 Å². The van der Waals surface area contributed by atoms with Crippen LogP contribution in [-0.4, -0.2) is 54.7 Å². The zero-order chi connectivity index (χ0) is 25.0. The minimum atomic E-state index is -1.23. The SMILES string of the molecule is COC(=O)[C@@H]1C(=O)NC(SCC(=O)N2[C@H](C)CCC[C@@H]2C)=C(C#N)[C@H]1c1ccc(OC)c(Br)c1. The van der Waals surface area contributed by atoms with E-state index < -0.39 is 23.7 Å². The molecule has 0 unspecified atom stereocenters. The topological polar surface area (TPSA) is 109 Å². The van der Waals surface area contributed by atoms with Crippen LogP contribution in [0.3, 0.4) is 0 Å². The highest BCUT2D eigenvalue weighted by Gasteiger charge is 2.44. The number of amides is 2. The predicted octanol–water partition coefficient (Wildman–Crippen LogP) is 3.72. The van der Waals surface area contributed by atoms with Gasteiger partial charge in [-0.2, -0.15) is 5.26 Å². The fraction of sp³-hybridized carbons (Fsp3) is 0.500. The summed E-state index contributed by atoms with van der Waals surface area (Å²) in [5, 5.41) is 13.0. The standard InChI is InChI=1S/C24H28BrN3O5S/c1-13-6-5-7-14(2)28(13)19(29)12-34-23-16(11-26)20(21(22(30)27-23)24(31)33-4)15-8-9-18(32-3)17(25)10-15/h8-10,13-14,20-21H,5-7,12H2,1-4H3,(H,27,30)/t13-,14+,20-,21+/m1/s1. The Balaban J connectivity index is 1.96. The van der Waals surface area contributed by atoms with Crippen LogP contribution in [0.1, 0.15) is 44.6 Å². The molecule has 1 fully saturated rings. The number of nitrogens with zero attached hydrogens (tertiary/aromatic N) is 2. The number of rotatable bonds is 6. The number of carbonyl (C=O) groups excluding carboxylic acids is 3. The number of thioether (sulfide) groups is 1. The Morgan fingerprint density at radius 2 is 1.94 bits per heavy atom. The summed E-state index contributed by atoms with van der Waals surface area (Å²) in [7, 11) is 2.73. The molecule has 8 nitrogen and oxygen atoms in total. The van der Waals surface area contributed by atoms with Gasteiger partial charge in [0.2, 0.25) is 11.8 Å². The number of halogens is 1. The maximum atomic E-state index is 13.0. The second-order valence-electron chi connectivity index (χ2n) is 8.43. The molecule has 2 amide bonds. The van der Waals surface area contributed by atoms with Gasteiger partial charge in [-0.1, -0.05) is 17.8 Å². The van der Waals surface area contributed by atoms with Crippen LogP contribution in [0.2, 0.25) is 0 Å². The summed E-state index contributed by atoms with van der Waals surface area (Å²) in [5.41, 5.74) is 0.793. The Labute approximate surface area is 212 Å². The summed E-state index contributed by atoms with van der Waals surface area (Å²) in [6, 6.07) is 7.60. The molecule has 34 heavy (non-hydrogen) atoms. The summed E-state index contributed by atoms with van der Waals surface area (Å²) >= 11 is 4.55. The Morgan fingerprint density at radius 1 is 1.26 bits per heavy atom. The quantitative estimate of drug-likeness (QED) is 0.425. The van der Waals surface area contributed by atoms with Crippen molar-refractivity contribution in [3.63, 3.8) is 0 Å². The number of esters is 1. The van der Waals surface area contributed by atoms with E-state index in [0.29, 0.717) is 15.8 Å². The molecular weight excluding hydrogens is 522 g/mol. The molecular formula is C24H28BrN3O5S. The third-order valence-electron chi connectivity index (χ3n) is 6.34. The number of nitriles is 1. The average Bonchev–Trinajstić information content (AvgIpc) is 2.81. The van der Waals surface area contributed by atoms with Gasteiger partial charge < -0.3 is 19.7 Å². The normalized spacial score (nSPS) is 24.8. The third-order valence-corrected chi connectivity index (χ3v) is 7.96. The number of allylic oxidation sites excluding steroid dienone is 1. The number of likely N-dealkylation sites (tertiary alicyclic amines) is 1. The van der Waals surface area contributed by atoms with Gasteiger partial charge in [-0.05, 0) is 66.7 Å². The van der Waals surface area contributed by atoms with Crippen molar-refractivity contribution in [2.75, 3.05) is 20.0 Å². The van der Waals surface area contributed by atoms with Gasteiger partial charge in [0.25, 0.3) is 0 Å². The molecule has 1 aromatic rings. The number of benzene rings is 1. The third kappa shape index (κ3) is 5.26. The van der Waals surface area contributed by atoms with E-state index in [0.717, 1.165) is 31.0 Å². The van der Waals surface area contributed by atoms with Gasteiger partial charge in [0.1, 0.15) is 11.7 Å². The predicted molar refractivity (Wildman–Crippen MR) is 132 cm³/mol. The zero-order valence-corrected chi connectivity index (χ0v) is 22.0. The number of ether oxygens (including phenoxy) is 2. The van der Waals surface area contributed by atoms with Crippen LogP contribution in [0.15, 0.2) is 33.3 Å². The molecule has 0 aliphatic carbocycles. The highest BCUT2D eigenvalue weighted by Crippen LogP contribution is 2.42. The fourth-order valence-electron chi connectivity index (χ4n) is 4.68. The van der Waals surface area contributed by atoms with Crippen LogP contribution in [0.4, 0.5) is 0 Å². The average molecular weight is 550 g/mol. The van der Waals surface area contributed by atoms with E-state index in [4.69, 9.17) is 9.47 Å². The zero-order valence-electron chi connectivity index (χ0n) is 19.6. The molecule has 182 valence electrons. The Morgan fingerprint density at radius 3 is 2.50 bits per heavy atom. The van der Waals surface area contributed by atoms with Crippen LogP contribution in [-0.2, 0) is 19.1 Å². The van der Waals surface area contributed by atoms with E-state index in [1.54, 1.807) is 18.2 Å². The second-order valence-corrected chi connectivity index (χ2v) is 10.3. The smallest absolute Gasteiger partial charge is 0.319 e. The molecule has 4 atom stereocenters. The molecule has 1 N–H and O–H groups in total. The van der Waals surface area contributed by atoms with Gasteiger partial charge in [-0.3, -0.25) is 14.4 Å². The lowest BCUT2D eigenvalue weighted by atomic mass is 9.78. The molecule has 2 aliphatic rings. The molecule has 10 heteroatoms. The van der Waals surface area contributed by atoms with Gasteiger partial charge in [0, 0.05) is 18.0 Å². The molecule has 1 saturated heterocycles. The molecule has 0 radical (unpaired) electrons. The summed E-state index contributed by atoms with van der Waals surface area (Å²) < 4.78 is 10.8. The minimum Gasteiger partial charge on any atom is -0.496 e. The highest BCUT2D eigenvalue weighted by atomic mass is 79.9. The van der Waals surface area contributed by atoms with Crippen molar-refractivity contribution >= 4 is 45.5 Å². The Hall–Kier alpha value is -2.51. The summed E-state index contributed by atoms with van der Waals surface area (Å²) in [5.74, 6) is -2.79. The first-order chi connectivity index (χ1) is 16.2. The second kappa shape index (κ2) is 11.3. The Bertz CT molecular complexity index is 1040. The van der Waals surface area contributed by atoms with Crippen LogP contribution >= 0.6 is 27.7 Å². The lowest BCUT2D eigenvalue weighted by Gasteiger charge is -2.39. The molecule has 1 aromatic carbocycles. The maximum Gasteiger partial charge on any atom is 0.319 e. The van der Waals surface area contributed by atoms with Gasteiger partial charge in [0.15, 0.2) is 0 Å². The molecule has 2 heterocycles. The Kier molecular flexibility index (Phi) is 8.66. The van der Waals surface area contributed by atoms with Gasteiger partial charge in [-0.25, -0.2) is 0 Å². The van der Waals surface area contributed by atoms with Crippen molar-refractivity contribution in [1.82, 2.24) is 10.2 Å². The number of hydrogen-bond acceptors (Lipinski definition) is 7. The number of nitrogens with one attached hydrogen (secondary N) is 1. The van der Waals surface area contributed by atoms with E-state index in [1.807, 2.05) is 18.7 Å². The van der Waals surface area contributed by atoms with E-state index in [2.05, 4.69) is 27.3 Å². The molecule has 0 spiro atoms. The van der Waals surface area contributed by atoms with Crippen molar-refractivity contribution in [2.24, 2.45) is 5.92 Å². The molecule has 0 aromatic heterocycles. The first-order valence-electron chi connectivity index (χ1n) is 11.0. The van der Waals surface area contributed by atoms with Crippen LogP contribution in [0, 0.1) is 17.2 Å². The number of methoxy groups -OCH3 is 2. The molecule has 3 rings (SSSR count). The first-order valence-corrected chi connectivity index (χ1v) is 12.8. The summed E-state index contributed by atoms with van der Waals surface area (Å²) in [6.45, 7) is 4.08. The summed E-state index contributed by atoms with van der Waals surface area (Å²) in [4.78, 5) is 40.5. The van der Waals surface area contributed by atoms with Crippen LogP contribution in [0.5, 0.6) is 5.75 Å². The minimum absolute atomic E-state index is 0.0393. The molecule has 0 bridgehead atoms. The summed E-state index contributed by atoms with van der Waals surface area (Å²) in [6.07, 6.45) is 3.00. The maximum absolute atomic E-state index is 13.0. The van der Waals surface area contributed by atoms with E-state index in [1.165, 1.54) is 14.2 Å². The van der Waals surface area contributed by atoms with Gasteiger partial charge >= 0.3 is 5.97 Å². The number of piperidine rings is 1. The number of hydrogen-bond donors (Lipinski definition) is 1. The monoisotopic (exact) mass is 549 g/mol. The lowest BCUT2D eigenvalue weighted by Crippen LogP contribution is -2.48. The first kappa shape index (κ1) is 26.1. The van der Waals surface area contributed by atoms with Crippen LogP contribution < -0.4 is 10.1 Å². The van der Waals surface area contributed by atoms with Crippen molar-refractivity contribution in [3.8, 4) is 11.8 Å². The molecule has 2 aliphatic heterocycles. The fourth-order valence-corrected chi connectivity index (χ4v) is 6.15. The largest absolute Gasteiger partial charge is 0.496 e. The number of carbonyl (C=O) groups is 3. The van der Waals surface area contributed by atoms with Crippen molar-refractivity contribution in [3.05, 3.63) is 38.8 Å². The van der Waals surface area contributed by atoms with E-state index in [9.17, 15) is 19.6 Å². The van der Waals surface area contributed by atoms with Gasteiger partial charge in [0.05, 0.1) is 41.1 Å². The van der Waals surface area contributed by atoms with Crippen molar-refractivity contribution in [1.29, 1.82) is 5.26 Å².